The summed E-state index contributed by atoms with van der Waals surface area (Å²) in [4.78, 5) is 27.2. The van der Waals surface area contributed by atoms with Crippen molar-refractivity contribution < 1.29 is 14.3 Å². The first-order valence-electron chi connectivity index (χ1n) is 11.7. The highest BCUT2D eigenvalue weighted by molar-refractivity contribution is 5.94. The molecule has 0 unspecified atom stereocenters. The minimum absolute atomic E-state index is 0.0348. The number of carbonyl (C=O) groups is 2. The Morgan fingerprint density at radius 3 is 2.47 bits per heavy atom. The minimum atomic E-state index is -0.498. The predicted octanol–water partition coefficient (Wildman–Crippen LogP) is 4.05. The van der Waals surface area contributed by atoms with Crippen LogP contribution in [0.25, 0.3) is 5.69 Å². The quantitative estimate of drug-likeness (QED) is 0.781. The number of aromatic nitrogens is 2. The van der Waals surface area contributed by atoms with Crippen molar-refractivity contribution in [1.82, 2.24) is 20.0 Å². The molecule has 0 radical (unpaired) electrons. The van der Waals surface area contributed by atoms with Crippen molar-refractivity contribution in [3.8, 4) is 5.69 Å². The monoisotopic (exact) mass is 438 g/mol. The molecule has 0 bridgehead atoms. The molecule has 7 nitrogen and oxygen atoms in total. The molecule has 1 aliphatic heterocycles. The fraction of sp³-hybridized carbons (Fsp3) is 0.560. The molecular formula is C25H34N4O3. The number of ether oxygens (including phenoxy) is 1. The van der Waals surface area contributed by atoms with Gasteiger partial charge in [0, 0.05) is 30.9 Å². The lowest BCUT2D eigenvalue weighted by Crippen LogP contribution is -2.42. The molecule has 0 saturated carbocycles. The van der Waals surface area contributed by atoms with Crippen LogP contribution in [-0.2, 0) is 17.6 Å². The van der Waals surface area contributed by atoms with Crippen molar-refractivity contribution >= 4 is 12.0 Å². The molecule has 172 valence electrons. The van der Waals surface area contributed by atoms with E-state index >= 15 is 0 Å². The summed E-state index contributed by atoms with van der Waals surface area (Å²) < 4.78 is 7.27. The molecular weight excluding hydrogens is 404 g/mol. The van der Waals surface area contributed by atoms with Gasteiger partial charge >= 0.3 is 6.09 Å². The molecule has 2 aliphatic rings. The first-order valence-corrected chi connectivity index (χ1v) is 11.7. The molecule has 1 fully saturated rings. The zero-order valence-corrected chi connectivity index (χ0v) is 19.6. The maximum Gasteiger partial charge on any atom is 0.407 e. The second kappa shape index (κ2) is 8.96. The zero-order chi connectivity index (χ0) is 22.9. The van der Waals surface area contributed by atoms with E-state index in [1.54, 1.807) is 0 Å². The van der Waals surface area contributed by atoms with Gasteiger partial charge in [-0.15, -0.1) is 0 Å². The second-order valence-corrected chi connectivity index (χ2v) is 9.99. The van der Waals surface area contributed by atoms with E-state index in [0.717, 1.165) is 43.4 Å². The lowest BCUT2D eigenvalue weighted by molar-refractivity contribution is 0.0499. The van der Waals surface area contributed by atoms with Gasteiger partial charge in [0.1, 0.15) is 5.60 Å². The zero-order valence-electron chi connectivity index (χ0n) is 19.6. The number of fused-ring (bicyclic) bond motifs is 1. The van der Waals surface area contributed by atoms with Crippen molar-refractivity contribution in [2.45, 2.75) is 65.4 Å². The van der Waals surface area contributed by atoms with Crippen molar-refractivity contribution in [2.75, 3.05) is 19.6 Å². The summed E-state index contributed by atoms with van der Waals surface area (Å²) in [5.74, 6) is 0.384. The summed E-state index contributed by atoms with van der Waals surface area (Å²) >= 11 is 0. The van der Waals surface area contributed by atoms with Gasteiger partial charge in [-0.2, -0.15) is 5.10 Å². The van der Waals surface area contributed by atoms with E-state index in [1.807, 2.05) is 30.4 Å². The standard InChI is InChI=1S/C25H34N4O3/c1-17-8-10-19(11-9-17)29-21-7-5-6-20(21)22(27-29)23(30)28-14-12-18(13-15-28)16-26-24(31)32-25(2,3)4/h8-11,18H,5-7,12-16H2,1-4H3,(H,26,31). The van der Waals surface area contributed by atoms with Gasteiger partial charge in [0.2, 0.25) is 0 Å². The van der Waals surface area contributed by atoms with Gasteiger partial charge in [-0.25, -0.2) is 9.48 Å². The third-order valence-electron chi connectivity index (χ3n) is 6.25. The van der Waals surface area contributed by atoms with E-state index in [0.29, 0.717) is 31.2 Å². The average Bonchev–Trinajstić information content (AvgIpc) is 3.35. The van der Waals surface area contributed by atoms with Crippen LogP contribution in [0.1, 0.15) is 67.3 Å². The molecule has 0 spiro atoms. The Morgan fingerprint density at radius 1 is 1.12 bits per heavy atom. The van der Waals surface area contributed by atoms with E-state index in [9.17, 15) is 9.59 Å². The SMILES string of the molecule is Cc1ccc(-n2nc(C(=O)N3CCC(CNC(=O)OC(C)(C)C)CC3)c3c2CCC3)cc1. The van der Waals surface area contributed by atoms with Crippen LogP contribution < -0.4 is 5.32 Å². The second-order valence-electron chi connectivity index (χ2n) is 9.99. The Bertz CT molecular complexity index is 980. The van der Waals surface area contributed by atoms with E-state index in [1.165, 1.54) is 11.3 Å². The van der Waals surface area contributed by atoms with Crippen LogP contribution in [0, 0.1) is 12.8 Å². The topological polar surface area (TPSA) is 76.5 Å². The number of hydrogen-bond acceptors (Lipinski definition) is 4. The lowest BCUT2D eigenvalue weighted by Gasteiger charge is -2.32. The molecule has 2 aromatic rings. The van der Waals surface area contributed by atoms with E-state index in [2.05, 4.69) is 36.5 Å². The molecule has 2 heterocycles. The Kier molecular flexibility index (Phi) is 6.26. The van der Waals surface area contributed by atoms with Crippen LogP contribution in [0.15, 0.2) is 24.3 Å². The van der Waals surface area contributed by atoms with E-state index in [-0.39, 0.29) is 12.0 Å². The number of piperidine rings is 1. The molecule has 2 amide bonds. The molecule has 1 aromatic heterocycles. The molecule has 1 saturated heterocycles. The fourth-order valence-electron chi connectivity index (χ4n) is 4.54. The van der Waals surface area contributed by atoms with Crippen LogP contribution in [0.3, 0.4) is 0 Å². The third-order valence-corrected chi connectivity index (χ3v) is 6.25. The van der Waals surface area contributed by atoms with Crippen LogP contribution in [-0.4, -0.2) is 51.9 Å². The molecule has 1 N–H and O–H groups in total. The van der Waals surface area contributed by atoms with Gasteiger partial charge in [0.05, 0.1) is 5.69 Å². The van der Waals surface area contributed by atoms with E-state index < -0.39 is 5.60 Å². The van der Waals surface area contributed by atoms with Crippen LogP contribution in [0.4, 0.5) is 4.79 Å². The van der Waals surface area contributed by atoms with Crippen molar-refractivity contribution in [3.05, 3.63) is 46.8 Å². The summed E-state index contributed by atoms with van der Waals surface area (Å²) in [7, 11) is 0. The Morgan fingerprint density at radius 2 is 1.81 bits per heavy atom. The maximum absolute atomic E-state index is 13.3. The molecule has 1 aliphatic carbocycles. The largest absolute Gasteiger partial charge is 0.444 e. The smallest absolute Gasteiger partial charge is 0.407 e. The van der Waals surface area contributed by atoms with Gasteiger partial charge in [-0.3, -0.25) is 4.79 Å². The number of likely N-dealkylation sites (tertiary alicyclic amines) is 1. The third kappa shape index (κ3) is 4.97. The van der Waals surface area contributed by atoms with Gasteiger partial charge < -0.3 is 15.0 Å². The summed E-state index contributed by atoms with van der Waals surface area (Å²) in [6.45, 7) is 9.58. The Balaban J connectivity index is 1.38. The number of aryl methyl sites for hydroxylation is 1. The summed E-state index contributed by atoms with van der Waals surface area (Å²) in [6.07, 6.45) is 4.29. The van der Waals surface area contributed by atoms with Gasteiger partial charge in [-0.05, 0) is 77.8 Å². The van der Waals surface area contributed by atoms with E-state index in [4.69, 9.17) is 9.84 Å². The summed E-state index contributed by atoms with van der Waals surface area (Å²) in [5, 5.41) is 7.64. The number of benzene rings is 1. The van der Waals surface area contributed by atoms with Crippen LogP contribution in [0.5, 0.6) is 0 Å². The van der Waals surface area contributed by atoms with Gasteiger partial charge in [-0.1, -0.05) is 17.7 Å². The highest BCUT2D eigenvalue weighted by atomic mass is 16.6. The van der Waals surface area contributed by atoms with Crippen molar-refractivity contribution in [3.63, 3.8) is 0 Å². The maximum atomic E-state index is 13.3. The molecule has 7 heteroatoms. The average molecular weight is 439 g/mol. The molecule has 32 heavy (non-hydrogen) atoms. The number of amides is 2. The Labute approximate surface area is 190 Å². The predicted molar refractivity (Wildman–Crippen MR) is 123 cm³/mol. The Hall–Kier alpha value is -2.83. The number of rotatable bonds is 4. The minimum Gasteiger partial charge on any atom is -0.444 e. The molecule has 4 rings (SSSR count). The number of alkyl carbamates (subject to hydrolysis) is 1. The first-order chi connectivity index (χ1) is 15.2. The number of hydrogen-bond donors (Lipinski definition) is 1. The highest BCUT2D eigenvalue weighted by Crippen LogP contribution is 2.29. The highest BCUT2D eigenvalue weighted by Gasteiger charge is 2.31. The normalized spacial score (nSPS) is 16.7. The molecule has 0 atom stereocenters. The van der Waals surface area contributed by atoms with Crippen LogP contribution in [0.2, 0.25) is 0 Å². The number of carbonyl (C=O) groups excluding carboxylic acids is 2. The summed E-state index contributed by atoms with van der Waals surface area (Å²) in [6, 6.07) is 8.29. The van der Waals surface area contributed by atoms with Gasteiger partial charge in [0.15, 0.2) is 5.69 Å². The molecule has 1 aromatic carbocycles. The number of nitrogens with one attached hydrogen (secondary N) is 1. The summed E-state index contributed by atoms with van der Waals surface area (Å²) in [5.41, 5.74) is 4.63. The lowest BCUT2D eigenvalue weighted by atomic mass is 9.96. The van der Waals surface area contributed by atoms with Crippen molar-refractivity contribution in [1.29, 1.82) is 0 Å². The fourth-order valence-corrected chi connectivity index (χ4v) is 4.54. The first kappa shape index (κ1) is 22.4. The van der Waals surface area contributed by atoms with Crippen molar-refractivity contribution in [2.24, 2.45) is 5.92 Å². The van der Waals surface area contributed by atoms with Gasteiger partial charge in [0.25, 0.3) is 5.91 Å². The number of nitrogens with zero attached hydrogens (tertiary/aromatic N) is 3. The van der Waals surface area contributed by atoms with Crippen LogP contribution >= 0.6 is 0 Å².